The van der Waals surface area contributed by atoms with Gasteiger partial charge in [0.15, 0.2) is 5.82 Å². The lowest BCUT2D eigenvalue weighted by Gasteiger charge is -2.28. The number of anilines is 3. The summed E-state index contributed by atoms with van der Waals surface area (Å²) in [6.45, 7) is 0.408. The summed E-state index contributed by atoms with van der Waals surface area (Å²) in [5, 5.41) is 34.3. The van der Waals surface area contributed by atoms with Gasteiger partial charge in [0.1, 0.15) is 11.3 Å². The van der Waals surface area contributed by atoms with Crippen molar-refractivity contribution in [3.63, 3.8) is 0 Å². The minimum Gasteiger partial charge on any atom is -0.394 e. The zero-order chi connectivity index (χ0) is 22.3. The fourth-order valence-electron chi connectivity index (χ4n) is 3.89. The maximum Gasteiger partial charge on any atom is 0.229 e. The molecule has 0 bridgehead atoms. The number of halogens is 1. The Morgan fingerprint density at radius 3 is 2.69 bits per heavy atom. The molecule has 0 saturated heterocycles. The molecule has 0 spiro atoms. The Morgan fingerprint density at radius 2 is 1.94 bits per heavy atom. The largest absolute Gasteiger partial charge is 0.394 e. The van der Waals surface area contributed by atoms with Gasteiger partial charge < -0.3 is 20.8 Å². The summed E-state index contributed by atoms with van der Waals surface area (Å²) in [6.07, 6.45) is 8.54. The summed E-state index contributed by atoms with van der Waals surface area (Å²) < 4.78 is 1.62. The predicted molar refractivity (Wildman–Crippen MR) is 124 cm³/mol. The molecule has 4 rings (SSSR count). The second kappa shape index (κ2) is 10.7. The normalized spacial score (nSPS) is 16.1. The van der Waals surface area contributed by atoms with Gasteiger partial charge >= 0.3 is 0 Å². The van der Waals surface area contributed by atoms with Crippen molar-refractivity contribution in [2.75, 3.05) is 17.2 Å². The Morgan fingerprint density at radius 1 is 1.16 bits per heavy atom. The molecule has 2 unspecified atom stereocenters. The first kappa shape index (κ1) is 22.5. The summed E-state index contributed by atoms with van der Waals surface area (Å²) in [5.41, 5.74) is 1.61. The van der Waals surface area contributed by atoms with Gasteiger partial charge in [-0.3, -0.25) is 10.00 Å². The van der Waals surface area contributed by atoms with E-state index < -0.39 is 12.3 Å². The van der Waals surface area contributed by atoms with Crippen molar-refractivity contribution in [1.29, 1.82) is 0 Å². The van der Waals surface area contributed by atoms with E-state index in [4.69, 9.17) is 16.7 Å². The van der Waals surface area contributed by atoms with Crippen LogP contribution >= 0.6 is 11.6 Å². The van der Waals surface area contributed by atoms with Gasteiger partial charge in [0, 0.05) is 12.2 Å². The van der Waals surface area contributed by atoms with Crippen LogP contribution in [0.3, 0.4) is 0 Å². The van der Waals surface area contributed by atoms with Crippen molar-refractivity contribution in [3.05, 3.63) is 59.5 Å². The van der Waals surface area contributed by atoms with Gasteiger partial charge in [0.2, 0.25) is 5.95 Å². The summed E-state index contributed by atoms with van der Waals surface area (Å²) >= 11 is 6.39. The highest BCUT2D eigenvalue weighted by Gasteiger charge is 2.26. The lowest BCUT2D eigenvalue weighted by molar-refractivity contribution is 0.102. The number of rotatable bonds is 10. The first-order chi connectivity index (χ1) is 15.6. The number of hydrogen-bond donors (Lipinski definition) is 5. The predicted octanol–water partition coefficient (Wildman–Crippen LogP) is 3.07. The molecule has 10 heteroatoms. The number of aliphatic hydroxyl groups is 2. The molecule has 0 radical (unpaired) electrons. The van der Waals surface area contributed by atoms with Crippen molar-refractivity contribution in [2.24, 2.45) is 0 Å². The van der Waals surface area contributed by atoms with E-state index in [1.807, 2.05) is 30.3 Å². The Labute approximate surface area is 191 Å². The Kier molecular flexibility index (Phi) is 7.54. The highest BCUT2D eigenvalue weighted by atomic mass is 35.5. The smallest absolute Gasteiger partial charge is 0.229 e. The number of benzene rings is 1. The fourth-order valence-corrected chi connectivity index (χ4v) is 4.04. The van der Waals surface area contributed by atoms with Crippen molar-refractivity contribution in [1.82, 2.24) is 25.1 Å². The molecule has 3 aromatic rings. The first-order valence-corrected chi connectivity index (χ1v) is 11.2. The maximum atomic E-state index is 11.0. The highest BCUT2D eigenvalue weighted by molar-refractivity contribution is 6.32. The van der Waals surface area contributed by atoms with E-state index in [9.17, 15) is 5.11 Å². The molecule has 2 heterocycles. The molecular weight excluding hydrogens is 430 g/mol. The molecule has 9 nitrogen and oxygen atoms in total. The van der Waals surface area contributed by atoms with Crippen LogP contribution < -0.4 is 16.0 Å². The number of aromatic nitrogens is 4. The fraction of sp³-hybridized carbons (Fsp3) is 0.409. The average Bonchev–Trinajstić information content (AvgIpc) is 3.47. The van der Waals surface area contributed by atoms with Crippen LogP contribution in [0.25, 0.3) is 0 Å². The van der Waals surface area contributed by atoms with E-state index in [-0.39, 0.29) is 6.61 Å². The summed E-state index contributed by atoms with van der Waals surface area (Å²) in [7, 11) is 0. The topological polar surface area (TPSA) is 120 Å². The van der Waals surface area contributed by atoms with Crippen LogP contribution in [0.5, 0.6) is 0 Å². The van der Waals surface area contributed by atoms with E-state index in [0.29, 0.717) is 35.1 Å². The van der Waals surface area contributed by atoms with E-state index in [1.54, 1.807) is 17.1 Å². The quantitative estimate of drug-likeness (QED) is 0.295. The van der Waals surface area contributed by atoms with Crippen LogP contribution in [0.4, 0.5) is 17.5 Å². The second-order valence-electron chi connectivity index (χ2n) is 7.86. The Balaban J connectivity index is 1.53. The molecule has 1 aliphatic rings. The summed E-state index contributed by atoms with van der Waals surface area (Å²) in [4.78, 5) is 8.75. The lowest BCUT2D eigenvalue weighted by Crippen LogP contribution is -2.43. The van der Waals surface area contributed by atoms with Gasteiger partial charge in [-0.1, -0.05) is 54.8 Å². The van der Waals surface area contributed by atoms with Gasteiger partial charge in [-0.2, -0.15) is 10.1 Å². The molecule has 0 amide bonds. The highest BCUT2D eigenvalue weighted by Crippen LogP contribution is 2.28. The average molecular weight is 458 g/mol. The second-order valence-corrected chi connectivity index (χ2v) is 8.26. The van der Waals surface area contributed by atoms with Crippen LogP contribution in [0.1, 0.15) is 37.3 Å². The third-order valence-corrected chi connectivity index (χ3v) is 5.77. The zero-order valence-corrected chi connectivity index (χ0v) is 18.4. The summed E-state index contributed by atoms with van der Waals surface area (Å²) in [6, 6.07) is 9.57. The molecule has 2 atom stereocenters. The van der Waals surface area contributed by atoms with Crippen LogP contribution in [0.15, 0.2) is 48.9 Å². The minimum absolute atomic E-state index is 0.00469. The van der Waals surface area contributed by atoms with Gasteiger partial charge in [-0.05, 0) is 18.4 Å². The van der Waals surface area contributed by atoms with Crippen LogP contribution in [0, 0.1) is 0 Å². The van der Waals surface area contributed by atoms with Crippen LogP contribution in [-0.2, 0) is 6.54 Å². The lowest BCUT2D eigenvalue weighted by atomic mass is 10.0. The van der Waals surface area contributed by atoms with Gasteiger partial charge in [-0.25, -0.2) is 4.98 Å². The van der Waals surface area contributed by atoms with Gasteiger partial charge in [0.25, 0.3) is 0 Å². The zero-order valence-electron chi connectivity index (χ0n) is 17.7. The van der Waals surface area contributed by atoms with Crippen LogP contribution in [-0.4, -0.2) is 48.8 Å². The molecule has 1 aliphatic carbocycles. The van der Waals surface area contributed by atoms with E-state index in [1.165, 1.54) is 19.0 Å². The third-order valence-electron chi connectivity index (χ3n) is 5.49. The molecular formula is C22H28ClN7O2. The maximum absolute atomic E-state index is 11.0. The monoisotopic (exact) mass is 457 g/mol. The van der Waals surface area contributed by atoms with Crippen molar-refractivity contribution >= 4 is 29.1 Å². The van der Waals surface area contributed by atoms with E-state index >= 15 is 0 Å². The SMILES string of the molecule is OCCn1cc(Nc2ncc(Cl)c(NC(c3ccccc3)C(O)NC3CCCC3)n2)cn1. The van der Waals surface area contributed by atoms with E-state index in [2.05, 4.69) is 31.0 Å². The molecule has 5 N–H and O–H groups in total. The Bertz CT molecular complexity index is 995. The van der Waals surface area contributed by atoms with E-state index in [0.717, 1.165) is 18.4 Å². The van der Waals surface area contributed by atoms with Crippen molar-refractivity contribution in [2.45, 2.75) is 50.5 Å². The van der Waals surface area contributed by atoms with Crippen molar-refractivity contribution < 1.29 is 10.2 Å². The van der Waals surface area contributed by atoms with Gasteiger partial charge in [0.05, 0.1) is 37.3 Å². The molecule has 1 aromatic carbocycles. The number of nitrogens with one attached hydrogen (secondary N) is 3. The molecule has 1 saturated carbocycles. The molecule has 170 valence electrons. The minimum atomic E-state index is -0.820. The van der Waals surface area contributed by atoms with Gasteiger partial charge in [-0.15, -0.1) is 0 Å². The molecule has 32 heavy (non-hydrogen) atoms. The number of hydrogen-bond acceptors (Lipinski definition) is 8. The number of nitrogens with zero attached hydrogens (tertiary/aromatic N) is 4. The number of aliphatic hydroxyl groups excluding tert-OH is 2. The molecule has 2 aromatic heterocycles. The van der Waals surface area contributed by atoms with Crippen molar-refractivity contribution in [3.8, 4) is 0 Å². The first-order valence-electron chi connectivity index (χ1n) is 10.8. The summed E-state index contributed by atoms with van der Waals surface area (Å²) in [5.74, 6) is 0.749. The molecule has 1 fully saturated rings. The third kappa shape index (κ3) is 5.74. The molecule has 0 aliphatic heterocycles. The van der Waals surface area contributed by atoms with Crippen LogP contribution in [0.2, 0.25) is 5.02 Å². The standard InChI is InChI=1S/C22H28ClN7O2/c23-18-13-24-22(27-17-12-25-30(14-17)10-11-31)29-20(18)28-19(15-6-2-1-3-7-15)21(32)26-16-8-4-5-9-16/h1-3,6-7,12-14,16,19,21,26,31-32H,4-5,8-11H2,(H2,24,27,28,29). The Hall–Kier alpha value is -2.72.